The first-order chi connectivity index (χ1) is 10.5. The Balaban J connectivity index is 2.17. The molecule has 22 heavy (non-hydrogen) atoms. The number of anilines is 1. The van der Waals surface area contributed by atoms with Gasteiger partial charge in [-0.05, 0) is 26.8 Å². The number of nitrogens with one attached hydrogen (secondary N) is 3. The SMILES string of the molecule is CCCNCCNC(=O)CSC(C)C(=O)Nc1cc(C)on1. The molecule has 0 aromatic carbocycles. The van der Waals surface area contributed by atoms with Gasteiger partial charge in [0, 0.05) is 19.2 Å². The molecule has 7 nitrogen and oxygen atoms in total. The fraction of sp³-hybridized carbons (Fsp3) is 0.643. The van der Waals surface area contributed by atoms with E-state index in [1.165, 1.54) is 11.8 Å². The van der Waals surface area contributed by atoms with Gasteiger partial charge >= 0.3 is 0 Å². The highest BCUT2D eigenvalue weighted by atomic mass is 32.2. The molecule has 0 aliphatic carbocycles. The number of aromatic nitrogens is 1. The molecule has 3 N–H and O–H groups in total. The molecule has 1 unspecified atom stereocenters. The summed E-state index contributed by atoms with van der Waals surface area (Å²) in [5.41, 5.74) is 0. The van der Waals surface area contributed by atoms with E-state index in [0.29, 0.717) is 18.1 Å². The van der Waals surface area contributed by atoms with Crippen molar-refractivity contribution in [2.24, 2.45) is 0 Å². The molecule has 8 heteroatoms. The summed E-state index contributed by atoms with van der Waals surface area (Å²) in [5.74, 6) is 1.00. The molecule has 0 bridgehead atoms. The number of carbonyl (C=O) groups excluding carboxylic acids is 2. The molecule has 2 amide bonds. The lowest BCUT2D eigenvalue weighted by atomic mass is 10.4. The fourth-order valence-corrected chi connectivity index (χ4v) is 2.29. The van der Waals surface area contributed by atoms with E-state index in [1.807, 2.05) is 0 Å². The molecule has 1 aromatic rings. The largest absolute Gasteiger partial charge is 0.360 e. The standard InChI is InChI=1S/C14H24N4O3S/c1-4-5-15-6-7-16-13(19)9-22-11(3)14(20)17-12-8-10(2)21-18-12/h8,11,15H,4-7,9H2,1-3H3,(H,16,19)(H,17,18,20). The average Bonchev–Trinajstić information content (AvgIpc) is 2.89. The quantitative estimate of drug-likeness (QED) is 0.558. The maximum atomic E-state index is 11.9. The zero-order chi connectivity index (χ0) is 16.4. The lowest BCUT2D eigenvalue weighted by Crippen LogP contribution is -2.34. The number of hydrogen-bond donors (Lipinski definition) is 3. The van der Waals surface area contributed by atoms with Crippen molar-refractivity contribution in [2.75, 3.05) is 30.7 Å². The maximum Gasteiger partial charge on any atom is 0.238 e. The fourth-order valence-electron chi connectivity index (χ4n) is 1.57. The van der Waals surface area contributed by atoms with Crippen LogP contribution in [0, 0.1) is 6.92 Å². The molecule has 0 saturated heterocycles. The molecular weight excluding hydrogens is 304 g/mol. The molecule has 0 saturated carbocycles. The van der Waals surface area contributed by atoms with Gasteiger partial charge in [-0.3, -0.25) is 9.59 Å². The van der Waals surface area contributed by atoms with E-state index in [1.54, 1.807) is 19.9 Å². The Hall–Kier alpha value is -1.54. The van der Waals surface area contributed by atoms with E-state index in [0.717, 1.165) is 19.5 Å². The minimum Gasteiger partial charge on any atom is -0.360 e. The van der Waals surface area contributed by atoms with Crippen LogP contribution in [0.5, 0.6) is 0 Å². The van der Waals surface area contributed by atoms with Gasteiger partial charge in [-0.2, -0.15) is 0 Å². The summed E-state index contributed by atoms with van der Waals surface area (Å²) < 4.78 is 4.87. The van der Waals surface area contributed by atoms with Gasteiger partial charge in [0.15, 0.2) is 5.82 Å². The van der Waals surface area contributed by atoms with Crippen molar-refractivity contribution in [2.45, 2.75) is 32.4 Å². The van der Waals surface area contributed by atoms with Gasteiger partial charge < -0.3 is 20.5 Å². The van der Waals surface area contributed by atoms with Gasteiger partial charge in [0.25, 0.3) is 0 Å². The zero-order valence-electron chi connectivity index (χ0n) is 13.3. The van der Waals surface area contributed by atoms with Gasteiger partial charge in [-0.25, -0.2) is 0 Å². The summed E-state index contributed by atoms with van der Waals surface area (Å²) in [6, 6.07) is 1.64. The van der Waals surface area contributed by atoms with Crippen molar-refractivity contribution in [1.29, 1.82) is 0 Å². The highest BCUT2D eigenvalue weighted by Crippen LogP contribution is 2.13. The van der Waals surface area contributed by atoms with E-state index in [9.17, 15) is 9.59 Å². The monoisotopic (exact) mass is 328 g/mol. The molecule has 1 heterocycles. The molecule has 124 valence electrons. The van der Waals surface area contributed by atoms with Crippen LogP contribution >= 0.6 is 11.8 Å². The third kappa shape index (κ3) is 7.46. The summed E-state index contributed by atoms with van der Waals surface area (Å²) >= 11 is 1.28. The van der Waals surface area contributed by atoms with Gasteiger partial charge in [0.1, 0.15) is 5.76 Å². The number of amides is 2. The highest BCUT2D eigenvalue weighted by Gasteiger charge is 2.16. The number of carbonyl (C=O) groups is 2. The number of rotatable bonds is 10. The first kappa shape index (κ1) is 18.5. The second-order valence-corrected chi connectivity index (χ2v) is 6.19. The predicted octanol–water partition coefficient (Wildman–Crippen LogP) is 1.16. The van der Waals surface area contributed by atoms with E-state index in [-0.39, 0.29) is 22.8 Å². The van der Waals surface area contributed by atoms with Crippen LogP contribution < -0.4 is 16.0 Å². The Morgan fingerprint density at radius 2 is 2.14 bits per heavy atom. The van der Waals surface area contributed by atoms with Gasteiger partial charge in [-0.1, -0.05) is 12.1 Å². The molecule has 0 aliphatic rings. The number of nitrogens with zero attached hydrogens (tertiary/aromatic N) is 1. The van der Waals surface area contributed by atoms with Crippen LogP contribution in [0.4, 0.5) is 5.82 Å². The van der Waals surface area contributed by atoms with E-state index < -0.39 is 0 Å². The van der Waals surface area contributed by atoms with Crippen molar-refractivity contribution in [3.8, 4) is 0 Å². The lowest BCUT2D eigenvalue weighted by molar-refractivity contribution is -0.118. The molecule has 0 radical (unpaired) electrons. The number of aryl methyl sites for hydroxylation is 1. The molecule has 1 aromatic heterocycles. The van der Waals surface area contributed by atoms with E-state index in [2.05, 4.69) is 28.0 Å². The van der Waals surface area contributed by atoms with Gasteiger partial charge in [-0.15, -0.1) is 11.8 Å². The van der Waals surface area contributed by atoms with Crippen LogP contribution in [0.15, 0.2) is 10.6 Å². The summed E-state index contributed by atoms with van der Waals surface area (Å²) in [5, 5.41) is 12.0. The van der Waals surface area contributed by atoms with Crippen LogP contribution in [0.1, 0.15) is 26.0 Å². The van der Waals surface area contributed by atoms with Crippen molar-refractivity contribution < 1.29 is 14.1 Å². The minimum absolute atomic E-state index is 0.0692. The molecule has 0 spiro atoms. The van der Waals surface area contributed by atoms with E-state index in [4.69, 9.17) is 4.52 Å². The zero-order valence-corrected chi connectivity index (χ0v) is 14.1. The van der Waals surface area contributed by atoms with Crippen molar-refractivity contribution >= 4 is 29.4 Å². The van der Waals surface area contributed by atoms with Crippen LogP contribution in [0.2, 0.25) is 0 Å². The summed E-state index contributed by atoms with van der Waals surface area (Å²) in [6.45, 7) is 7.89. The predicted molar refractivity (Wildman–Crippen MR) is 88.0 cm³/mol. The van der Waals surface area contributed by atoms with Crippen LogP contribution in [-0.2, 0) is 9.59 Å². The second-order valence-electron chi connectivity index (χ2n) is 4.87. The van der Waals surface area contributed by atoms with E-state index >= 15 is 0 Å². The van der Waals surface area contributed by atoms with Gasteiger partial charge in [0.05, 0.1) is 11.0 Å². The van der Waals surface area contributed by atoms with Gasteiger partial charge in [0.2, 0.25) is 11.8 Å². The average molecular weight is 328 g/mol. The lowest BCUT2D eigenvalue weighted by Gasteiger charge is -2.10. The molecule has 0 aliphatic heterocycles. The Kier molecular flexibility index (Phi) is 8.61. The minimum atomic E-state index is -0.346. The third-order valence-electron chi connectivity index (χ3n) is 2.76. The third-order valence-corrected chi connectivity index (χ3v) is 3.91. The first-order valence-corrected chi connectivity index (χ1v) is 8.41. The number of hydrogen-bond acceptors (Lipinski definition) is 6. The topological polar surface area (TPSA) is 96.3 Å². The highest BCUT2D eigenvalue weighted by molar-refractivity contribution is 8.01. The Labute approximate surface area is 135 Å². The van der Waals surface area contributed by atoms with Crippen LogP contribution in [0.3, 0.4) is 0 Å². The normalized spacial score (nSPS) is 12.0. The smallest absolute Gasteiger partial charge is 0.238 e. The Bertz CT molecular complexity index is 478. The van der Waals surface area contributed by atoms with Crippen LogP contribution in [0.25, 0.3) is 0 Å². The Morgan fingerprint density at radius 1 is 1.36 bits per heavy atom. The summed E-state index contributed by atoms with van der Waals surface area (Å²) in [4.78, 5) is 23.6. The first-order valence-electron chi connectivity index (χ1n) is 7.36. The molecular formula is C14H24N4O3S. The summed E-state index contributed by atoms with van der Waals surface area (Å²) in [6.07, 6.45) is 1.07. The Morgan fingerprint density at radius 3 is 2.77 bits per heavy atom. The number of thioether (sulfide) groups is 1. The maximum absolute atomic E-state index is 11.9. The molecule has 0 fully saturated rings. The van der Waals surface area contributed by atoms with Crippen LogP contribution in [-0.4, -0.2) is 47.6 Å². The van der Waals surface area contributed by atoms with Crippen molar-refractivity contribution in [3.05, 3.63) is 11.8 Å². The van der Waals surface area contributed by atoms with Crippen molar-refractivity contribution in [1.82, 2.24) is 15.8 Å². The summed E-state index contributed by atoms with van der Waals surface area (Å²) in [7, 11) is 0. The molecule has 1 rings (SSSR count). The second kappa shape index (κ2) is 10.2. The van der Waals surface area contributed by atoms with Crippen molar-refractivity contribution in [3.63, 3.8) is 0 Å². The molecule has 1 atom stereocenters.